The van der Waals surface area contributed by atoms with Gasteiger partial charge in [0, 0.05) is 5.38 Å². The van der Waals surface area contributed by atoms with E-state index in [9.17, 15) is 4.39 Å². The Morgan fingerprint density at radius 2 is 1.94 bits per heavy atom. The lowest BCUT2D eigenvalue weighted by Crippen LogP contribution is -2.16. The lowest BCUT2D eigenvalue weighted by atomic mass is 9.92. The number of hydrogen-bond donors (Lipinski definition) is 0. The minimum Gasteiger partial charge on any atom is -0.205 e. The van der Waals surface area contributed by atoms with Crippen molar-refractivity contribution in [2.45, 2.75) is 43.9 Å². The highest BCUT2D eigenvalue weighted by atomic mass is 35.5. The van der Waals surface area contributed by atoms with E-state index in [-0.39, 0.29) is 16.2 Å². The molecule has 17 heavy (non-hydrogen) atoms. The molecule has 2 atom stereocenters. The second-order valence-corrected chi connectivity index (χ2v) is 5.83. The molecule has 1 saturated carbocycles. The minimum absolute atomic E-state index is 0.192. The first-order chi connectivity index (χ1) is 8.16. The zero-order valence-corrected chi connectivity index (χ0v) is 11.3. The highest BCUT2D eigenvalue weighted by Crippen LogP contribution is 2.30. The van der Waals surface area contributed by atoms with Gasteiger partial charge in [0.25, 0.3) is 0 Å². The molecule has 0 spiro atoms. The van der Waals surface area contributed by atoms with Crippen LogP contribution in [0.4, 0.5) is 4.39 Å². The molecule has 94 valence electrons. The van der Waals surface area contributed by atoms with Gasteiger partial charge in [0.05, 0.1) is 5.02 Å². The van der Waals surface area contributed by atoms with Crippen molar-refractivity contribution >= 4 is 23.2 Å². The first kappa shape index (κ1) is 13.2. The van der Waals surface area contributed by atoms with E-state index >= 15 is 0 Å². The molecule has 0 nitrogen and oxygen atoms in total. The SMILES string of the molecule is Fc1cc(CC2CCCCCC2Cl)ccc1Cl. The maximum Gasteiger partial charge on any atom is 0.142 e. The lowest BCUT2D eigenvalue weighted by Gasteiger charge is -2.19. The smallest absolute Gasteiger partial charge is 0.142 e. The highest BCUT2D eigenvalue weighted by Gasteiger charge is 2.22. The van der Waals surface area contributed by atoms with Crippen LogP contribution in [0.2, 0.25) is 5.02 Å². The normalized spacial score (nSPS) is 25.6. The van der Waals surface area contributed by atoms with Crippen LogP contribution in [0, 0.1) is 11.7 Å². The second-order valence-electron chi connectivity index (χ2n) is 4.87. The van der Waals surface area contributed by atoms with Crippen LogP contribution in [-0.4, -0.2) is 5.38 Å². The van der Waals surface area contributed by atoms with Crippen molar-refractivity contribution in [3.8, 4) is 0 Å². The number of rotatable bonds is 2. The van der Waals surface area contributed by atoms with Gasteiger partial charge in [-0.3, -0.25) is 0 Å². The van der Waals surface area contributed by atoms with Gasteiger partial charge in [-0.05, 0) is 42.9 Å². The van der Waals surface area contributed by atoms with Gasteiger partial charge in [-0.1, -0.05) is 36.9 Å². The minimum atomic E-state index is -0.330. The molecule has 0 heterocycles. The third-order valence-electron chi connectivity index (χ3n) is 3.55. The third kappa shape index (κ3) is 3.59. The Bertz CT molecular complexity index is 378. The predicted octanol–water partition coefficient (Wildman–Crippen LogP) is 5.21. The van der Waals surface area contributed by atoms with Crippen molar-refractivity contribution in [3.63, 3.8) is 0 Å². The zero-order chi connectivity index (χ0) is 12.3. The average Bonchev–Trinajstić information content (AvgIpc) is 2.50. The van der Waals surface area contributed by atoms with E-state index in [0.29, 0.717) is 5.92 Å². The van der Waals surface area contributed by atoms with Crippen LogP contribution in [0.3, 0.4) is 0 Å². The number of alkyl halides is 1. The molecule has 1 aromatic rings. The van der Waals surface area contributed by atoms with E-state index in [1.807, 2.05) is 6.07 Å². The van der Waals surface area contributed by atoms with E-state index in [1.165, 1.54) is 25.3 Å². The van der Waals surface area contributed by atoms with E-state index in [1.54, 1.807) is 6.07 Å². The summed E-state index contributed by atoms with van der Waals surface area (Å²) in [4.78, 5) is 0. The molecule has 1 aromatic carbocycles. The molecule has 1 fully saturated rings. The monoisotopic (exact) mass is 274 g/mol. The molecule has 2 unspecified atom stereocenters. The molecule has 2 rings (SSSR count). The van der Waals surface area contributed by atoms with Crippen molar-refractivity contribution < 1.29 is 4.39 Å². The van der Waals surface area contributed by atoms with Gasteiger partial charge in [-0.15, -0.1) is 11.6 Å². The summed E-state index contributed by atoms with van der Waals surface area (Å²) in [6, 6.07) is 5.07. The van der Waals surface area contributed by atoms with Crippen molar-refractivity contribution in [3.05, 3.63) is 34.6 Å². The Kier molecular flexibility index (Phi) is 4.69. The first-order valence-corrected chi connectivity index (χ1v) is 7.06. The summed E-state index contributed by atoms with van der Waals surface area (Å²) in [6.45, 7) is 0. The Hall–Kier alpha value is -0.270. The Balaban J connectivity index is 2.05. The fourth-order valence-corrected chi connectivity index (χ4v) is 3.03. The van der Waals surface area contributed by atoms with Gasteiger partial charge in [0.1, 0.15) is 5.82 Å². The Morgan fingerprint density at radius 3 is 2.71 bits per heavy atom. The molecule has 1 aliphatic carbocycles. The number of hydrogen-bond acceptors (Lipinski definition) is 0. The third-order valence-corrected chi connectivity index (χ3v) is 4.43. The van der Waals surface area contributed by atoms with Crippen molar-refractivity contribution in [1.82, 2.24) is 0 Å². The van der Waals surface area contributed by atoms with Crippen molar-refractivity contribution in [2.75, 3.05) is 0 Å². The standard InChI is InChI=1S/C14H17Cl2F/c15-12-5-3-1-2-4-11(12)8-10-6-7-13(16)14(17)9-10/h6-7,9,11-12H,1-5,8H2. The molecule has 0 bridgehead atoms. The molecule has 1 aliphatic rings. The molecule has 0 N–H and O–H groups in total. The number of benzene rings is 1. The summed E-state index contributed by atoms with van der Waals surface area (Å²) in [5.41, 5.74) is 1.00. The topological polar surface area (TPSA) is 0 Å². The van der Waals surface area contributed by atoms with Gasteiger partial charge in [0.15, 0.2) is 0 Å². The van der Waals surface area contributed by atoms with Gasteiger partial charge >= 0.3 is 0 Å². The molecule has 0 saturated heterocycles. The summed E-state index contributed by atoms with van der Waals surface area (Å²) >= 11 is 12.1. The first-order valence-electron chi connectivity index (χ1n) is 6.25. The highest BCUT2D eigenvalue weighted by molar-refractivity contribution is 6.30. The van der Waals surface area contributed by atoms with Crippen LogP contribution in [0.5, 0.6) is 0 Å². The molecule has 0 amide bonds. The fraction of sp³-hybridized carbons (Fsp3) is 0.571. The van der Waals surface area contributed by atoms with E-state index in [2.05, 4.69) is 0 Å². The molecule has 0 aliphatic heterocycles. The van der Waals surface area contributed by atoms with Crippen molar-refractivity contribution in [2.24, 2.45) is 5.92 Å². The van der Waals surface area contributed by atoms with Crippen LogP contribution in [0.15, 0.2) is 18.2 Å². The summed E-state index contributed by atoms with van der Waals surface area (Å²) in [5.74, 6) is 0.142. The van der Waals surface area contributed by atoms with Crippen molar-refractivity contribution in [1.29, 1.82) is 0 Å². The van der Waals surface area contributed by atoms with Gasteiger partial charge in [0.2, 0.25) is 0 Å². The van der Waals surface area contributed by atoms with Crippen LogP contribution >= 0.6 is 23.2 Å². The summed E-state index contributed by atoms with van der Waals surface area (Å²) in [7, 11) is 0. The fourth-order valence-electron chi connectivity index (χ4n) is 2.54. The molecule has 3 heteroatoms. The average molecular weight is 275 g/mol. The zero-order valence-electron chi connectivity index (χ0n) is 9.76. The van der Waals surface area contributed by atoms with E-state index < -0.39 is 0 Å². The van der Waals surface area contributed by atoms with E-state index in [0.717, 1.165) is 24.8 Å². The lowest BCUT2D eigenvalue weighted by molar-refractivity contribution is 0.464. The Morgan fingerprint density at radius 1 is 1.18 bits per heavy atom. The molecule has 0 radical (unpaired) electrons. The van der Waals surface area contributed by atoms with E-state index in [4.69, 9.17) is 23.2 Å². The van der Waals surface area contributed by atoms with Gasteiger partial charge in [-0.25, -0.2) is 4.39 Å². The quantitative estimate of drug-likeness (QED) is 0.513. The summed E-state index contributed by atoms with van der Waals surface area (Å²) < 4.78 is 13.3. The molecular formula is C14H17Cl2F. The van der Waals surface area contributed by atoms with Crippen LogP contribution in [0.25, 0.3) is 0 Å². The Labute approximate surface area is 112 Å². The number of halogens is 3. The van der Waals surface area contributed by atoms with Crippen LogP contribution in [-0.2, 0) is 6.42 Å². The summed E-state index contributed by atoms with van der Waals surface area (Å²) in [5, 5.41) is 0.424. The maximum atomic E-state index is 13.3. The summed E-state index contributed by atoms with van der Waals surface area (Å²) in [6.07, 6.45) is 6.83. The van der Waals surface area contributed by atoms with Gasteiger partial charge in [-0.2, -0.15) is 0 Å². The molecule has 0 aromatic heterocycles. The maximum absolute atomic E-state index is 13.3. The second kappa shape index (κ2) is 6.06. The predicted molar refractivity (Wildman–Crippen MR) is 71.3 cm³/mol. The van der Waals surface area contributed by atoms with Crippen LogP contribution < -0.4 is 0 Å². The van der Waals surface area contributed by atoms with Crippen LogP contribution in [0.1, 0.15) is 37.7 Å². The largest absolute Gasteiger partial charge is 0.205 e. The van der Waals surface area contributed by atoms with Gasteiger partial charge < -0.3 is 0 Å². The molecular weight excluding hydrogens is 258 g/mol.